The van der Waals surface area contributed by atoms with Crippen molar-refractivity contribution < 1.29 is 14.5 Å². The Morgan fingerprint density at radius 1 is 1.07 bits per heavy atom. The second kappa shape index (κ2) is 9.26. The van der Waals surface area contributed by atoms with Gasteiger partial charge in [0, 0.05) is 30.9 Å². The van der Waals surface area contributed by atoms with E-state index in [-0.39, 0.29) is 35.4 Å². The predicted molar refractivity (Wildman–Crippen MR) is 104 cm³/mol. The number of rotatable bonds is 8. The molecule has 1 aliphatic heterocycles. The Kier molecular flexibility index (Phi) is 6.53. The molecule has 10 heteroatoms. The fourth-order valence-electron chi connectivity index (χ4n) is 3.28. The summed E-state index contributed by atoms with van der Waals surface area (Å²) >= 11 is 0. The van der Waals surface area contributed by atoms with Crippen LogP contribution in [0.3, 0.4) is 0 Å². The van der Waals surface area contributed by atoms with Crippen LogP contribution in [0.5, 0.6) is 0 Å². The maximum absolute atomic E-state index is 13.0. The number of para-hydroxylation sites is 1. The van der Waals surface area contributed by atoms with Crippen LogP contribution in [-0.2, 0) is 4.79 Å². The van der Waals surface area contributed by atoms with Crippen molar-refractivity contribution in [1.29, 1.82) is 0 Å². The molecule has 0 unspecified atom stereocenters. The van der Waals surface area contributed by atoms with Gasteiger partial charge in [0.2, 0.25) is 12.5 Å². The van der Waals surface area contributed by atoms with Crippen LogP contribution in [0, 0.1) is 17.0 Å². The summed E-state index contributed by atoms with van der Waals surface area (Å²) in [6.45, 7) is 2.56. The average molecular weight is 400 g/mol. The minimum atomic E-state index is -0.354. The maximum Gasteiger partial charge on any atom is 0.294 e. The first-order valence-electron chi connectivity index (χ1n) is 9.70. The number of hydrazine groups is 1. The number of hydrogen-bond donors (Lipinski definition) is 0. The van der Waals surface area contributed by atoms with Gasteiger partial charge in [-0.05, 0) is 38.3 Å². The van der Waals surface area contributed by atoms with Crippen molar-refractivity contribution >= 4 is 11.8 Å². The highest BCUT2D eigenvalue weighted by atomic mass is 16.6. The number of aromatic nitrogens is 3. The van der Waals surface area contributed by atoms with E-state index in [0.717, 1.165) is 5.69 Å². The predicted octanol–water partition coefficient (Wildman–Crippen LogP) is 2.00. The maximum atomic E-state index is 13.0. The molecule has 154 valence electrons. The molecule has 0 radical (unpaired) electrons. The Bertz CT molecular complexity index is 882. The quantitative estimate of drug-likeness (QED) is 0.380. The van der Waals surface area contributed by atoms with Gasteiger partial charge in [-0.25, -0.2) is 5.01 Å². The number of nitrogens with zero attached hydrogens (tertiary/aromatic N) is 6. The summed E-state index contributed by atoms with van der Waals surface area (Å²) in [7, 11) is 0. The Morgan fingerprint density at radius 3 is 2.52 bits per heavy atom. The third kappa shape index (κ3) is 4.95. The second-order valence-corrected chi connectivity index (χ2v) is 6.92. The topological polar surface area (TPSA) is 114 Å². The Labute approximate surface area is 168 Å². The molecule has 0 spiro atoms. The molecule has 0 bridgehead atoms. The lowest BCUT2D eigenvalue weighted by molar-refractivity contribution is -0.480. The number of unbranched alkanes of at least 4 members (excludes halogenated alkanes) is 2. The molecule has 2 aromatic rings. The molecule has 10 nitrogen and oxygen atoms in total. The van der Waals surface area contributed by atoms with Crippen molar-refractivity contribution in [3.63, 3.8) is 0 Å². The summed E-state index contributed by atoms with van der Waals surface area (Å²) in [6, 6.07) is 9.30. The lowest BCUT2D eigenvalue weighted by atomic mass is 10.2. The molecule has 0 N–H and O–H groups in total. The van der Waals surface area contributed by atoms with E-state index in [1.165, 1.54) is 14.8 Å². The van der Waals surface area contributed by atoms with E-state index in [0.29, 0.717) is 44.5 Å². The number of aryl methyl sites for hydroxylation is 1. The molecule has 1 aromatic carbocycles. The fourth-order valence-corrected chi connectivity index (χ4v) is 3.28. The van der Waals surface area contributed by atoms with Crippen LogP contribution in [0.25, 0.3) is 5.69 Å². The van der Waals surface area contributed by atoms with Crippen molar-refractivity contribution in [2.75, 3.05) is 19.6 Å². The van der Waals surface area contributed by atoms with Crippen molar-refractivity contribution in [3.8, 4) is 5.69 Å². The van der Waals surface area contributed by atoms with Gasteiger partial charge < -0.3 is 0 Å². The SMILES string of the molecule is Cc1nn(-c2ccccc2)nc1C(=O)N1CCCN1C(=O)CCCCC[N+](=O)[O-]. The minimum Gasteiger partial charge on any atom is -0.273 e. The standard InChI is InChI=1S/C19H24N6O4/c1-15-18(21-25(20-15)16-9-4-2-5-10-16)19(27)23-13-8-12-22(23)17(26)11-6-3-7-14-24(28)29/h2,4-5,9-10H,3,6-8,11-14H2,1H3. The number of benzene rings is 1. The van der Waals surface area contributed by atoms with E-state index >= 15 is 0 Å². The number of carbonyl (C=O) groups is 2. The smallest absolute Gasteiger partial charge is 0.273 e. The van der Waals surface area contributed by atoms with E-state index in [2.05, 4.69) is 10.2 Å². The zero-order valence-corrected chi connectivity index (χ0v) is 16.4. The van der Waals surface area contributed by atoms with Gasteiger partial charge in [-0.1, -0.05) is 18.2 Å². The zero-order valence-electron chi connectivity index (χ0n) is 16.4. The lowest BCUT2D eigenvalue weighted by Gasteiger charge is -2.27. The fraction of sp³-hybridized carbons (Fsp3) is 0.474. The largest absolute Gasteiger partial charge is 0.294 e. The molecule has 0 saturated carbocycles. The zero-order chi connectivity index (χ0) is 20.8. The van der Waals surface area contributed by atoms with E-state index < -0.39 is 0 Å². The molecular formula is C19H24N6O4. The van der Waals surface area contributed by atoms with Gasteiger partial charge in [-0.2, -0.15) is 9.90 Å². The first kappa shape index (κ1) is 20.4. The normalized spacial score (nSPS) is 13.7. The summed E-state index contributed by atoms with van der Waals surface area (Å²) in [5.41, 5.74) is 1.47. The third-order valence-corrected chi connectivity index (χ3v) is 4.76. The summed E-state index contributed by atoms with van der Waals surface area (Å²) in [6.07, 6.45) is 2.58. The Morgan fingerprint density at radius 2 is 1.79 bits per heavy atom. The Hall–Kier alpha value is -3.30. The van der Waals surface area contributed by atoms with Crippen LogP contribution in [0.4, 0.5) is 0 Å². The van der Waals surface area contributed by atoms with Crippen molar-refractivity contribution in [1.82, 2.24) is 25.0 Å². The van der Waals surface area contributed by atoms with Gasteiger partial charge in [0.05, 0.1) is 11.4 Å². The number of amides is 2. The van der Waals surface area contributed by atoms with Gasteiger partial charge >= 0.3 is 0 Å². The minimum absolute atomic E-state index is 0.0845. The number of hydrogen-bond acceptors (Lipinski definition) is 6. The monoisotopic (exact) mass is 400 g/mol. The van der Waals surface area contributed by atoms with Crippen LogP contribution in [-0.4, -0.2) is 61.4 Å². The number of nitro groups is 1. The van der Waals surface area contributed by atoms with Gasteiger partial charge in [0.25, 0.3) is 5.91 Å². The summed E-state index contributed by atoms with van der Waals surface area (Å²) in [5, 5.41) is 21.9. The lowest BCUT2D eigenvalue weighted by Crippen LogP contribution is -2.45. The van der Waals surface area contributed by atoms with Crippen molar-refractivity contribution in [2.24, 2.45) is 0 Å². The summed E-state index contributed by atoms with van der Waals surface area (Å²) in [4.78, 5) is 37.0. The van der Waals surface area contributed by atoms with Crippen LogP contribution >= 0.6 is 0 Å². The molecule has 1 fully saturated rings. The molecule has 2 heterocycles. The molecule has 0 aliphatic carbocycles. The summed E-state index contributed by atoms with van der Waals surface area (Å²) in [5.74, 6) is -0.492. The van der Waals surface area contributed by atoms with Gasteiger partial charge in [-0.15, -0.1) is 5.10 Å². The van der Waals surface area contributed by atoms with E-state index in [4.69, 9.17) is 0 Å². The van der Waals surface area contributed by atoms with E-state index in [9.17, 15) is 19.7 Å². The third-order valence-electron chi connectivity index (χ3n) is 4.76. The van der Waals surface area contributed by atoms with E-state index in [1.54, 1.807) is 6.92 Å². The highest BCUT2D eigenvalue weighted by molar-refractivity contribution is 5.94. The van der Waals surface area contributed by atoms with Gasteiger partial charge in [0.15, 0.2) is 5.69 Å². The average Bonchev–Trinajstić information content (AvgIpc) is 3.34. The van der Waals surface area contributed by atoms with Crippen LogP contribution < -0.4 is 0 Å². The first-order chi connectivity index (χ1) is 14.0. The molecule has 2 amide bonds. The van der Waals surface area contributed by atoms with Crippen molar-refractivity contribution in [3.05, 3.63) is 51.8 Å². The molecule has 1 aromatic heterocycles. The van der Waals surface area contributed by atoms with Crippen molar-refractivity contribution in [2.45, 2.75) is 39.0 Å². The van der Waals surface area contributed by atoms with Crippen LogP contribution in [0.15, 0.2) is 30.3 Å². The molecule has 0 atom stereocenters. The van der Waals surface area contributed by atoms with Crippen LogP contribution in [0.1, 0.15) is 48.3 Å². The highest BCUT2D eigenvalue weighted by Crippen LogP contribution is 2.18. The molecule has 1 saturated heterocycles. The molecule has 3 rings (SSSR count). The summed E-state index contributed by atoms with van der Waals surface area (Å²) < 4.78 is 0. The van der Waals surface area contributed by atoms with E-state index in [1.807, 2.05) is 30.3 Å². The second-order valence-electron chi connectivity index (χ2n) is 6.92. The molecule has 29 heavy (non-hydrogen) atoms. The molecule has 1 aliphatic rings. The van der Waals surface area contributed by atoms with Crippen LogP contribution in [0.2, 0.25) is 0 Å². The first-order valence-corrected chi connectivity index (χ1v) is 9.70. The van der Waals surface area contributed by atoms with Gasteiger partial charge in [0.1, 0.15) is 0 Å². The number of carbonyl (C=O) groups excluding carboxylic acids is 2. The van der Waals surface area contributed by atoms with Gasteiger partial charge in [-0.3, -0.25) is 24.7 Å². The Balaban J connectivity index is 1.63. The highest BCUT2D eigenvalue weighted by Gasteiger charge is 2.33. The molecular weight excluding hydrogens is 376 g/mol.